The molecule has 0 bridgehead atoms. The molecule has 0 aromatic heterocycles. The summed E-state index contributed by atoms with van der Waals surface area (Å²) in [6.45, 7) is 0. The molecule has 0 saturated carbocycles. The monoisotopic (exact) mass is 241 g/mol. The molecule has 1 atom stereocenters. The Hall–Kier alpha value is -1.32. The molecule has 0 spiro atoms. The number of carbonyl (C=O) groups is 1. The predicted molar refractivity (Wildman–Crippen MR) is 66.8 cm³/mol. The van der Waals surface area contributed by atoms with Gasteiger partial charge in [-0.1, -0.05) is 36.4 Å². The highest BCUT2D eigenvalue weighted by Gasteiger charge is 1.99. The zero-order valence-electron chi connectivity index (χ0n) is 8.87. The first kappa shape index (κ1) is 14.7. The fourth-order valence-electron chi connectivity index (χ4n) is 1.28. The molecule has 3 nitrogen and oxygen atoms in total. The van der Waals surface area contributed by atoms with Crippen molar-refractivity contribution in [2.24, 2.45) is 5.73 Å². The summed E-state index contributed by atoms with van der Waals surface area (Å²) < 4.78 is 0. The number of aryl methyl sites for hydroxylation is 1. The Kier molecular flexibility index (Phi) is 7.25. The van der Waals surface area contributed by atoms with Crippen molar-refractivity contribution in [2.75, 3.05) is 0 Å². The van der Waals surface area contributed by atoms with Gasteiger partial charge in [0.1, 0.15) is 0 Å². The number of halogens is 1. The van der Waals surface area contributed by atoms with Crippen molar-refractivity contribution >= 4 is 18.4 Å². The number of hydrogen-bond donors (Lipinski definition) is 2. The lowest BCUT2D eigenvalue weighted by Gasteiger charge is -2.05. The lowest BCUT2D eigenvalue weighted by molar-refractivity contribution is -0.131. The molecule has 0 heterocycles. The molecule has 0 aliphatic rings. The maximum Gasteiger partial charge on any atom is 0.328 e. The third-order valence-corrected chi connectivity index (χ3v) is 2.10. The summed E-state index contributed by atoms with van der Waals surface area (Å²) in [5.41, 5.74) is 6.94. The van der Waals surface area contributed by atoms with Crippen LogP contribution in [0.1, 0.15) is 12.0 Å². The van der Waals surface area contributed by atoms with Gasteiger partial charge >= 0.3 is 5.97 Å². The van der Waals surface area contributed by atoms with Gasteiger partial charge in [0.05, 0.1) is 0 Å². The fraction of sp³-hybridized carbons (Fsp3) is 0.250. The lowest BCUT2D eigenvalue weighted by atomic mass is 10.1. The summed E-state index contributed by atoms with van der Waals surface area (Å²) in [4.78, 5) is 10.2. The van der Waals surface area contributed by atoms with E-state index < -0.39 is 5.97 Å². The predicted octanol–water partition coefficient (Wildman–Crippen LogP) is 2.01. The summed E-state index contributed by atoms with van der Waals surface area (Å²) >= 11 is 0. The maximum atomic E-state index is 10.2. The summed E-state index contributed by atoms with van der Waals surface area (Å²) in [5, 5.41) is 8.41. The molecule has 16 heavy (non-hydrogen) atoms. The molecule has 0 amide bonds. The average Bonchev–Trinajstić information content (AvgIpc) is 2.25. The van der Waals surface area contributed by atoms with Gasteiger partial charge in [0.2, 0.25) is 0 Å². The lowest BCUT2D eigenvalue weighted by Crippen LogP contribution is -2.18. The molecule has 0 aliphatic carbocycles. The van der Waals surface area contributed by atoms with Crippen LogP contribution in [0.25, 0.3) is 0 Å². The molecule has 88 valence electrons. The van der Waals surface area contributed by atoms with Crippen molar-refractivity contribution in [1.29, 1.82) is 0 Å². The summed E-state index contributed by atoms with van der Waals surface area (Å²) in [5.74, 6) is -0.954. The van der Waals surface area contributed by atoms with E-state index in [-0.39, 0.29) is 18.4 Å². The normalized spacial score (nSPS) is 12.1. The molecular formula is C12H16ClNO2. The van der Waals surface area contributed by atoms with E-state index in [2.05, 4.69) is 0 Å². The van der Waals surface area contributed by atoms with Crippen LogP contribution in [-0.4, -0.2) is 17.1 Å². The Labute approximate surface area is 101 Å². The van der Waals surface area contributed by atoms with E-state index in [9.17, 15) is 4.79 Å². The van der Waals surface area contributed by atoms with Crippen LogP contribution in [0.4, 0.5) is 0 Å². The van der Waals surface area contributed by atoms with E-state index in [0.29, 0.717) is 0 Å². The highest BCUT2D eigenvalue weighted by atomic mass is 35.5. The van der Waals surface area contributed by atoms with E-state index in [1.807, 2.05) is 30.3 Å². The number of carboxylic acid groups (broad SMARTS) is 1. The van der Waals surface area contributed by atoms with E-state index in [1.165, 1.54) is 11.6 Å². The van der Waals surface area contributed by atoms with E-state index in [4.69, 9.17) is 10.8 Å². The van der Waals surface area contributed by atoms with Crippen molar-refractivity contribution in [3.63, 3.8) is 0 Å². The highest BCUT2D eigenvalue weighted by molar-refractivity contribution is 5.85. The number of carboxylic acids is 1. The number of benzene rings is 1. The first-order chi connectivity index (χ1) is 7.18. The van der Waals surface area contributed by atoms with Gasteiger partial charge in [0, 0.05) is 12.1 Å². The third kappa shape index (κ3) is 6.22. The smallest absolute Gasteiger partial charge is 0.328 e. The Bertz CT molecular complexity index is 338. The van der Waals surface area contributed by atoms with E-state index in [1.54, 1.807) is 0 Å². The second kappa shape index (κ2) is 7.91. The summed E-state index contributed by atoms with van der Waals surface area (Å²) in [6.07, 6.45) is 4.24. The minimum absolute atomic E-state index is 0. The van der Waals surface area contributed by atoms with Gasteiger partial charge in [0.25, 0.3) is 0 Å². The van der Waals surface area contributed by atoms with E-state index >= 15 is 0 Å². The molecule has 1 aromatic rings. The summed E-state index contributed by atoms with van der Waals surface area (Å²) in [7, 11) is 0. The Balaban J connectivity index is 0.00000225. The second-order valence-electron chi connectivity index (χ2n) is 3.39. The van der Waals surface area contributed by atoms with Crippen molar-refractivity contribution in [2.45, 2.75) is 18.9 Å². The Morgan fingerprint density at radius 2 is 2.00 bits per heavy atom. The van der Waals surface area contributed by atoms with Crippen LogP contribution in [0.5, 0.6) is 0 Å². The van der Waals surface area contributed by atoms with Gasteiger partial charge in [-0.25, -0.2) is 4.79 Å². The van der Waals surface area contributed by atoms with Crippen LogP contribution in [0, 0.1) is 0 Å². The van der Waals surface area contributed by atoms with Gasteiger partial charge in [-0.05, 0) is 18.4 Å². The SMILES string of the molecule is Cl.N[C@H](C=CC(=O)O)CCc1ccccc1. The van der Waals surface area contributed by atoms with Gasteiger partial charge in [-0.2, -0.15) is 0 Å². The zero-order valence-corrected chi connectivity index (χ0v) is 9.69. The van der Waals surface area contributed by atoms with Crippen LogP contribution >= 0.6 is 12.4 Å². The quantitative estimate of drug-likeness (QED) is 0.776. The zero-order chi connectivity index (χ0) is 11.1. The van der Waals surface area contributed by atoms with Crippen molar-refractivity contribution in [3.05, 3.63) is 48.0 Å². The molecule has 0 unspecified atom stereocenters. The minimum Gasteiger partial charge on any atom is -0.478 e. The largest absolute Gasteiger partial charge is 0.478 e. The Morgan fingerprint density at radius 3 is 2.56 bits per heavy atom. The number of aliphatic carboxylic acids is 1. The summed E-state index contributed by atoms with van der Waals surface area (Å²) in [6, 6.07) is 9.80. The Morgan fingerprint density at radius 1 is 1.38 bits per heavy atom. The molecule has 0 fully saturated rings. The van der Waals surface area contributed by atoms with Crippen LogP contribution < -0.4 is 5.73 Å². The van der Waals surface area contributed by atoms with Crippen molar-refractivity contribution in [1.82, 2.24) is 0 Å². The second-order valence-corrected chi connectivity index (χ2v) is 3.39. The van der Waals surface area contributed by atoms with Crippen molar-refractivity contribution in [3.8, 4) is 0 Å². The van der Waals surface area contributed by atoms with E-state index in [0.717, 1.165) is 18.9 Å². The number of hydrogen-bond acceptors (Lipinski definition) is 2. The molecular weight excluding hydrogens is 226 g/mol. The van der Waals surface area contributed by atoms with Gasteiger partial charge in [-0.3, -0.25) is 0 Å². The fourth-order valence-corrected chi connectivity index (χ4v) is 1.28. The van der Waals surface area contributed by atoms with Gasteiger partial charge < -0.3 is 10.8 Å². The standard InChI is InChI=1S/C12H15NO2.ClH/c13-11(8-9-12(14)15)7-6-10-4-2-1-3-5-10;/h1-5,8-9,11H,6-7,13H2,(H,14,15);1H/t11-;/m0./s1. The molecule has 4 heteroatoms. The first-order valence-corrected chi connectivity index (χ1v) is 4.89. The highest BCUT2D eigenvalue weighted by Crippen LogP contribution is 2.04. The van der Waals surface area contributed by atoms with Crippen LogP contribution in [-0.2, 0) is 11.2 Å². The molecule has 1 rings (SSSR count). The topological polar surface area (TPSA) is 63.3 Å². The molecule has 0 saturated heterocycles. The van der Waals surface area contributed by atoms with Crippen LogP contribution in [0.3, 0.4) is 0 Å². The first-order valence-electron chi connectivity index (χ1n) is 4.89. The number of nitrogens with two attached hydrogens (primary N) is 1. The molecule has 0 aliphatic heterocycles. The third-order valence-electron chi connectivity index (χ3n) is 2.10. The minimum atomic E-state index is -0.954. The molecule has 0 radical (unpaired) electrons. The number of rotatable bonds is 5. The average molecular weight is 242 g/mol. The van der Waals surface area contributed by atoms with Gasteiger partial charge in [-0.15, -0.1) is 12.4 Å². The molecule has 1 aromatic carbocycles. The maximum absolute atomic E-state index is 10.2. The van der Waals surface area contributed by atoms with Crippen molar-refractivity contribution < 1.29 is 9.90 Å². The van der Waals surface area contributed by atoms with Gasteiger partial charge in [0.15, 0.2) is 0 Å². The van der Waals surface area contributed by atoms with Crippen LogP contribution in [0.15, 0.2) is 42.5 Å². The van der Waals surface area contributed by atoms with Crippen LogP contribution in [0.2, 0.25) is 0 Å². The molecule has 3 N–H and O–H groups in total.